The van der Waals surface area contributed by atoms with Crippen LogP contribution in [-0.2, 0) is 14.3 Å². The van der Waals surface area contributed by atoms with Crippen LogP contribution in [0.4, 0.5) is 0 Å². The molecule has 0 aromatic heterocycles. The van der Waals surface area contributed by atoms with Crippen LogP contribution in [0.1, 0.15) is 13.3 Å². The van der Waals surface area contributed by atoms with Gasteiger partial charge in [-0.25, -0.2) is 0 Å². The first kappa shape index (κ1) is 14.3. The number of hydrogen-bond acceptors (Lipinski definition) is 4. The molecule has 0 spiro atoms. The Balaban J connectivity index is 1.62. The minimum absolute atomic E-state index is 0.0275. The Bertz CT molecular complexity index is 311. The lowest BCUT2D eigenvalue weighted by Gasteiger charge is -2.31. The van der Waals surface area contributed by atoms with Gasteiger partial charge in [-0.15, -0.1) is 0 Å². The lowest BCUT2D eigenvalue weighted by molar-refractivity contribution is -0.135. The molecule has 0 aromatic rings. The molecule has 0 bridgehead atoms. The SMILES string of the molecule is CC(C(=O)NCCC(=O)N1CCOCC1)C1CNC1. The standard InChI is InChI=1S/C13H23N3O3/c1-10(11-8-14-9-11)13(18)15-3-2-12(17)16-4-6-19-7-5-16/h10-11,14H,2-9H2,1H3,(H,15,18). The van der Waals surface area contributed by atoms with Crippen LogP contribution in [0.25, 0.3) is 0 Å². The Morgan fingerprint density at radius 1 is 1.37 bits per heavy atom. The van der Waals surface area contributed by atoms with Crippen LogP contribution in [-0.4, -0.2) is 62.7 Å². The second-order valence-electron chi connectivity index (χ2n) is 5.24. The van der Waals surface area contributed by atoms with Gasteiger partial charge in [0.05, 0.1) is 13.2 Å². The van der Waals surface area contributed by atoms with Crippen molar-refractivity contribution in [3.8, 4) is 0 Å². The molecule has 0 aromatic carbocycles. The maximum absolute atomic E-state index is 11.9. The molecule has 2 fully saturated rings. The maximum Gasteiger partial charge on any atom is 0.224 e. The molecular formula is C13H23N3O3. The Morgan fingerprint density at radius 3 is 2.63 bits per heavy atom. The molecule has 1 unspecified atom stereocenters. The largest absolute Gasteiger partial charge is 0.378 e. The molecule has 2 amide bonds. The van der Waals surface area contributed by atoms with Crippen molar-refractivity contribution >= 4 is 11.8 Å². The van der Waals surface area contributed by atoms with Crippen molar-refractivity contribution in [1.82, 2.24) is 15.5 Å². The molecule has 1 atom stereocenters. The number of hydrogen-bond donors (Lipinski definition) is 2. The Morgan fingerprint density at radius 2 is 2.05 bits per heavy atom. The second kappa shape index (κ2) is 6.86. The summed E-state index contributed by atoms with van der Waals surface area (Å²) in [7, 11) is 0. The van der Waals surface area contributed by atoms with Crippen molar-refractivity contribution < 1.29 is 14.3 Å². The summed E-state index contributed by atoms with van der Waals surface area (Å²) in [4.78, 5) is 25.5. The first-order valence-corrected chi connectivity index (χ1v) is 7.02. The molecule has 6 heteroatoms. The van der Waals surface area contributed by atoms with E-state index in [0.717, 1.165) is 13.1 Å². The molecule has 2 saturated heterocycles. The van der Waals surface area contributed by atoms with E-state index < -0.39 is 0 Å². The van der Waals surface area contributed by atoms with E-state index in [1.807, 2.05) is 6.92 Å². The highest BCUT2D eigenvalue weighted by atomic mass is 16.5. The van der Waals surface area contributed by atoms with Gasteiger partial charge in [0.2, 0.25) is 11.8 Å². The van der Waals surface area contributed by atoms with Gasteiger partial charge in [0.25, 0.3) is 0 Å². The van der Waals surface area contributed by atoms with Gasteiger partial charge < -0.3 is 20.3 Å². The van der Waals surface area contributed by atoms with Gasteiger partial charge >= 0.3 is 0 Å². The first-order chi connectivity index (χ1) is 9.18. The lowest BCUT2D eigenvalue weighted by atomic mass is 9.88. The van der Waals surface area contributed by atoms with Crippen molar-refractivity contribution in [2.45, 2.75) is 13.3 Å². The topological polar surface area (TPSA) is 70.7 Å². The smallest absolute Gasteiger partial charge is 0.224 e. The van der Waals surface area contributed by atoms with Gasteiger partial charge in [-0.05, 0) is 19.0 Å². The highest BCUT2D eigenvalue weighted by Crippen LogP contribution is 2.15. The highest BCUT2D eigenvalue weighted by molar-refractivity contribution is 5.80. The zero-order valence-corrected chi connectivity index (χ0v) is 11.5. The predicted octanol–water partition coefficient (Wildman–Crippen LogP) is -0.793. The molecule has 19 heavy (non-hydrogen) atoms. The molecule has 2 N–H and O–H groups in total. The number of amides is 2. The molecule has 2 aliphatic heterocycles. The van der Waals surface area contributed by atoms with Crippen LogP contribution in [0.2, 0.25) is 0 Å². The van der Waals surface area contributed by atoms with Crippen LogP contribution in [0.15, 0.2) is 0 Å². The Kier molecular flexibility index (Phi) is 5.15. The summed E-state index contributed by atoms with van der Waals surface area (Å²) in [5.74, 6) is 0.623. The summed E-state index contributed by atoms with van der Waals surface area (Å²) in [5, 5.41) is 6.02. The van der Waals surface area contributed by atoms with Crippen LogP contribution < -0.4 is 10.6 Å². The summed E-state index contributed by atoms with van der Waals surface area (Å²) in [6.45, 7) is 6.77. The fourth-order valence-corrected chi connectivity index (χ4v) is 2.30. The van der Waals surface area contributed by atoms with E-state index >= 15 is 0 Å². The zero-order chi connectivity index (χ0) is 13.7. The average molecular weight is 269 g/mol. The Labute approximate surface area is 113 Å². The van der Waals surface area contributed by atoms with Crippen molar-refractivity contribution in [2.24, 2.45) is 11.8 Å². The van der Waals surface area contributed by atoms with Gasteiger partial charge in [-0.1, -0.05) is 6.92 Å². The molecule has 2 heterocycles. The normalized spacial score (nSPS) is 21.6. The number of carbonyl (C=O) groups is 2. The quantitative estimate of drug-likeness (QED) is 0.686. The number of nitrogens with one attached hydrogen (secondary N) is 2. The van der Waals surface area contributed by atoms with E-state index in [0.29, 0.717) is 45.2 Å². The highest BCUT2D eigenvalue weighted by Gasteiger charge is 2.28. The van der Waals surface area contributed by atoms with E-state index in [-0.39, 0.29) is 17.7 Å². The molecule has 108 valence electrons. The molecule has 6 nitrogen and oxygen atoms in total. The predicted molar refractivity (Wildman–Crippen MR) is 70.5 cm³/mol. The van der Waals surface area contributed by atoms with E-state index in [1.54, 1.807) is 4.90 Å². The Hall–Kier alpha value is -1.14. The molecule has 0 radical (unpaired) electrons. The number of carbonyl (C=O) groups excluding carboxylic acids is 2. The minimum atomic E-state index is 0.0275. The fourth-order valence-electron chi connectivity index (χ4n) is 2.30. The summed E-state index contributed by atoms with van der Waals surface area (Å²) in [6.07, 6.45) is 0.376. The van der Waals surface area contributed by atoms with Crippen molar-refractivity contribution in [2.75, 3.05) is 45.9 Å². The van der Waals surface area contributed by atoms with Crippen LogP contribution in [0.5, 0.6) is 0 Å². The van der Waals surface area contributed by atoms with E-state index in [1.165, 1.54) is 0 Å². The van der Waals surface area contributed by atoms with E-state index in [4.69, 9.17) is 4.74 Å². The van der Waals surface area contributed by atoms with Gasteiger partial charge in [0.15, 0.2) is 0 Å². The summed E-state index contributed by atoms with van der Waals surface area (Å²) < 4.78 is 5.20. The number of ether oxygens (including phenoxy) is 1. The van der Waals surface area contributed by atoms with Crippen molar-refractivity contribution in [1.29, 1.82) is 0 Å². The fraction of sp³-hybridized carbons (Fsp3) is 0.846. The second-order valence-corrected chi connectivity index (χ2v) is 5.24. The van der Waals surface area contributed by atoms with Crippen LogP contribution >= 0.6 is 0 Å². The number of rotatable bonds is 5. The summed E-state index contributed by atoms with van der Waals surface area (Å²) in [6, 6.07) is 0. The zero-order valence-electron chi connectivity index (χ0n) is 11.5. The van der Waals surface area contributed by atoms with Gasteiger partial charge in [-0.3, -0.25) is 9.59 Å². The van der Waals surface area contributed by atoms with Gasteiger partial charge in [0, 0.05) is 32.0 Å². The average Bonchev–Trinajstić information content (AvgIpc) is 2.37. The van der Waals surface area contributed by atoms with Crippen LogP contribution in [0.3, 0.4) is 0 Å². The minimum Gasteiger partial charge on any atom is -0.378 e. The molecular weight excluding hydrogens is 246 g/mol. The number of morpholine rings is 1. The molecule has 0 saturated carbocycles. The summed E-state index contributed by atoms with van der Waals surface area (Å²) >= 11 is 0. The first-order valence-electron chi connectivity index (χ1n) is 7.02. The molecule has 2 aliphatic rings. The van der Waals surface area contributed by atoms with E-state index in [9.17, 15) is 9.59 Å². The number of nitrogens with zero attached hydrogens (tertiary/aromatic N) is 1. The third-order valence-corrected chi connectivity index (χ3v) is 3.94. The molecule has 2 rings (SSSR count). The van der Waals surface area contributed by atoms with Crippen molar-refractivity contribution in [3.63, 3.8) is 0 Å². The van der Waals surface area contributed by atoms with Crippen LogP contribution in [0, 0.1) is 11.8 Å². The maximum atomic E-state index is 11.9. The third-order valence-electron chi connectivity index (χ3n) is 3.94. The van der Waals surface area contributed by atoms with Crippen molar-refractivity contribution in [3.05, 3.63) is 0 Å². The van der Waals surface area contributed by atoms with Gasteiger partial charge in [-0.2, -0.15) is 0 Å². The molecule has 0 aliphatic carbocycles. The lowest BCUT2D eigenvalue weighted by Crippen LogP contribution is -2.50. The monoisotopic (exact) mass is 269 g/mol. The van der Waals surface area contributed by atoms with Gasteiger partial charge in [0.1, 0.15) is 0 Å². The van der Waals surface area contributed by atoms with E-state index in [2.05, 4.69) is 10.6 Å². The summed E-state index contributed by atoms with van der Waals surface area (Å²) in [5.41, 5.74) is 0. The third kappa shape index (κ3) is 3.91.